The Morgan fingerprint density at radius 1 is 1.61 bits per heavy atom. The number of ether oxygens (including phenoxy) is 1. The van der Waals surface area contributed by atoms with E-state index < -0.39 is 5.97 Å². The maximum Gasteiger partial charge on any atom is 0.387 e. The Kier molecular flexibility index (Phi) is 3.42. The van der Waals surface area contributed by atoms with Crippen molar-refractivity contribution in [2.45, 2.75) is 13.3 Å². The van der Waals surface area contributed by atoms with Crippen molar-refractivity contribution in [2.24, 2.45) is 0 Å². The number of aryl methyl sites for hydroxylation is 1. The lowest BCUT2D eigenvalue weighted by atomic mass is 10.3. The van der Waals surface area contributed by atoms with Crippen LogP contribution in [0, 0.1) is 5.21 Å². The Morgan fingerprint density at radius 3 is 3.06 bits per heavy atom. The quantitative estimate of drug-likeness (QED) is 0.510. The van der Waals surface area contributed by atoms with Gasteiger partial charge >= 0.3 is 11.8 Å². The molecule has 94 valence electrons. The molecule has 2 aromatic heterocycles. The van der Waals surface area contributed by atoms with E-state index >= 15 is 0 Å². The van der Waals surface area contributed by atoms with Crippen LogP contribution in [0.25, 0.3) is 0 Å². The summed E-state index contributed by atoms with van der Waals surface area (Å²) in [5.41, 5.74) is 6.13. The van der Waals surface area contributed by atoms with Crippen molar-refractivity contribution in [3.63, 3.8) is 0 Å². The monoisotopic (exact) mass is 265 g/mol. The largest absolute Gasteiger partial charge is 0.616 e. The first-order valence-corrected chi connectivity index (χ1v) is 6.09. The topological polar surface area (TPSA) is 92.1 Å². The molecular formula is C11H11N3O3S. The van der Waals surface area contributed by atoms with Crippen molar-refractivity contribution in [3.8, 4) is 5.88 Å². The van der Waals surface area contributed by atoms with E-state index in [1.807, 2.05) is 6.92 Å². The van der Waals surface area contributed by atoms with E-state index in [2.05, 4.69) is 4.98 Å². The minimum absolute atomic E-state index is 0.0727. The Labute approximate surface area is 107 Å². The van der Waals surface area contributed by atoms with Crippen molar-refractivity contribution < 1.29 is 14.3 Å². The molecule has 6 nitrogen and oxygen atoms in total. The van der Waals surface area contributed by atoms with Crippen molar-refractivity contribution in [1.29, 1.82) is 0 Å². The Morgan fingerprint density at radius 2 is 2.39 bits per heavy atom. The highest BCUT2D eigenvalue weighted by molar-refractivity contribution is 7.17. The number of hydrogen-bond acceptors (Lipinski definition) is 6. The second-order valence-electron chi connectivity index (χ2n) is 3.44. The summed E-state index contributed by atoms with van der Waals surface area (Å²) in [5, 5.41) is 11.7. The zero-order valence-corrected chi connectivity index (χ0v) is 10.4. The van der Waals surface area contributed by atoms with Gasteiger partial charge < -0.3 is 15.7 Å². The van der Waals surface area contributed by atoms with Gasteiger partial charge in [-0.25, -0.2) is 9.78 Å². The third kappa shape index (κ3) is 2.40. The van der Waals surface area contributed by atoms with Gasteiger partial charge in [-0.2, -0.15) is 0 Å². The highest BCUT2D eigenvalue weighted by Crippen LogP contribution is 2.22. The predicted molar refractivity (Wildman–Crippen MR) is 66.3 cm³/mol. The Balaban J connectivity index is 2.25. The maximum atomic E-state index is 11.9. The molecule has 0 bridgehead atoms. The van der Waals surface area contributed by atoms with Crippen LogP contribution in [-0.4, -0.2) is 11.0 Å². The number of carbonyl (C=O) groups excluding carboxylic acids is 1. The Bertz CT molecular complexity index is 583. The van der Waals surface area contributed by atoms with Crippen LogP contribution in [0.4, 0.5) is 5.13 Å². The van der Waals surface area contributed by atoms with Crippen molar-refractivity contribution >= 4 is 22.4 Å². The molecule has 2 aromatic rings. The van der Waals surface area contributed by atoms with Gasteiger partial charge in [0.15, 0.2) is 11.3 Å². The molecule has 18 heavy (non-hydrogen) atoms. The van der Waals surface area contributed by atoms with Gasteiger partial charge in [-0.05, 0) is 12.5 Å². The molecule has 7 heteroatoms. The number of hydrogen-bond donors (Lipinski definition) is 1. The zero-order valence-electron chi connectivity index (χ0n) is 9.62. The Hall–Kier alpha value is -2.15. The molecule has 0 atom stereocenters. The van der Waals surface area contributed by atoms with Crippen molar-refractivity contribution in [2.75, 3.05) is 5.73 Å². The van der Waals surface area contributed by atoms with Crippen LogP contribution in [-0.2, 0) is 6.42 Å². The van der Waals surface area contributed by atoms with E-state index in [0.29, 0.717) is 26.9 Å². The predicted octanol–water partition coefficient (Wildman–Crippen LogP) is 1.14. The van der Waals surface area contributed by atoms with Crippen LogP contribution in [0.2, 0.25) is 0 Å². The van der Waals surface area contributed by atoms with E-state index in [4.69, 9.17) is 10.5 Å². The molecule has 0 unspecified atom stereocenters. The highest BCUT2D eigenvalue weighted by atomic mass is 32.1. The summed E-state index contributed by atoms with van der Waals surface area (Å²) in [7, 11) is 0. The van der Waals surface area contributed by atoms with Gasteiger partial charge in [0.2, 0.25) is 0 Å². The summed E-state index contributed by atoms with van der Waals surface area (Å²) in [4.78, 5) is 16.3. The van der Waals surface area contributed by atoms with E-state index in [9.17, 15) is 10.0 Å². The lowest BCUT2D eigenvalue weighted by molar-refractivity contribution is -0.610. The highest BCUT2D eigenvalue weighted by Gasteiger charge is 2.20. The number of esters is 1. The fourth-order valence-electron chi connectivity index (χ4n) is 1.40. The molecule has 2 rings (SSSR count). The summed E-state index contributed by atoms with van der Waals surface area (Å²) < 4.78 is 5.49. The molecule has 0 amide bonds. The van der Waals surface area contributed by atoms with Crippen molar-refractivity contribution in [1.82, 2.24) is 4.98 Å². The van der Waals surface area contributed by atoms with E-state index in [1.165, 1.54) is 12.3 Å². The van der Waals surface area contributed by atoms with Crippen LogP contribution >= 0.6 is 11.3 Å². The number of nitrogens with zero attached hydrogens (tertiary/aromatic N) is 2. The maximum absolute atomic E-state index is 11.9. The first kappa shape index (κ1) is 12.3. The molecule has 0 radical (unpaired) electrons. The molecule has 2 heterocycles. The van der Waals surface area contributed by atoms with Gasteiger partial charge in [0.25, 0.3) is 0 Å². The number of carbonyl (C=O) groups is 1. The van der Waals surface area contributed by atoms with Crippen LogP contribution < -0.4 is 15.2 Å². The average molecular weight is 265 g/mol. The summed E-state index contributed by atoms with van der Waals surface area (Å²) in [6, 6.07) is 4.58. The van der Waals surface area contributed by atoms with Gasteiger partial charge in [0.1, 0.15) is 4.88 Å². The first-order valence-electron chi connectivity index (χ1n) is 5.27. The lowest BCUT2D eigenvalue weighted by Crippen LogP contribution is -2.29. The van der Waals surface area contributed by atoms with Crippen molar-refractivity contribution in [3.05, 3.63) is 40.2 Å². The summed E-state index contributed by atoms with van der Waals surface area (Å²) in [5.74, 6) is -0.687. The zero-order chi connectivity index (χ0) is 13.1. The lowest BCUT2D eigenvalue weighted by Gasteiger charge is -2.03. The number of nitrogens with two attached hydrogens (primary N) is 1. The molecule has 0 aliphatic heterocycles. The van der Waals surface area contributed by atoms with E-state index in [1.54, 1.807) is 12.1 Å². The standard InChI is InChI=1S/C11H11N3O3S/c1-2-7-9(18-11(12)13-7)10(15)17-8-5-3-4-6-14(8)16/h3-6H,2H2,1H3,(H2,12,13). The second-order valence-corrected chi connectivity index (χ2v) is 4.47. The number of thiazole rings is 1. The third-order valence-corrected chi connectivity index (χ3v) is 3.13. The summed E-state index contributed by atoms with van der Waals surface area (Å²) in [6.45, 7) is 1.86. The number of anilines is 1. The second kappa shape index (κ2) is 5.01. The first-order chi connectivity index (χ1) is 8.61. The van der Waals surface area contributed by atoms with Crippen LogP contribution in [0.3, 0.4) is 0 Å². The van der Waals surface area contributed by atoms with Gasteiger partial charge in [-0.3, -0.25) is 0 Å². The molecule has 0 aliphatic carbocycles. The number of nitrogen functional groups attached to an aromatic ring is 1. The van der Waals surface area contributed by atoms with Gasteiger partial charge in [0.05, 0.1) is 11.8 Å². The van der Waals surface area contributed by atoms with E-state index in [0.717, 1.165) is 11.3 Å². The van der Waals surface area contributed by atoms with Gasteiger partial charge in [-0.15, -0.1) is 4.73 Å². The minimum Gasteiger partial charge on any atom is -0.616 e. The number of aromatic nitrogens is 2. The molecule has 0 aliphatic rings. The van der Waals surface area contributed by atoms with Gasteiger partial charge in [0, 0.05) is 6.07 Å². The third-order valence-electron chi connectivity index (χ3n) is 2.22. The van der Waals surface area contributed by atoms with Crippen LogP contribution in [0.1, 0.15) is 22.3 Å². The summed E-state index contributed by atoms with van der Waals surface area (Å²) >= 11 is 1.05. The molecule has 2 N–H and O–H groups in total. The smallest absolute Gasteiger partial charge is 0.387 e. The normalized spacial score (nSPS) is 10.3. The van der Waals surface area contributed by atoms with Gasteiger partial charge in [-0.1, -0.05) is 18.3 Å². The summed E-state index contributed by atoms with van der Waals surface area (Å²) in [6.07, 6.45) is 1.83. The molecule has 0 spiro atoms. The SMILES string of the molecule is CCc1nc(N)sc1C(=O)Oc1cccc[n+]1[O-]. The fraction of sp³-hybridized carbons (Fsp3) is 0.182. The minimum atomic E-state index is -0.614. The number of pyridine rings is 1. The van der Waals surface area contributed by atoms with Crippen LogP contribution in [0.5, 0.6) is 5.88 Å². The molecule has 0 aromatic carbocycles. The molecular weight excluding hydrogens is 254 g/mol. The number of rotatable bonds is 3. The average Bonchev–Trinajstić information content (AvgIpc) is 2.73. The molecule has 0 saturated heterocycles. The fourth-order valence-corrected chi connectivity index (χ4v) is 2.20. The molecule has 0 saturated carbocycles. The molecule has 0 fully saturated rings. The van der Waals surface area contributed by atoms with E-state index in [-0.39, 0.29) is 5.88 Å². The van der Waals surface area contributed by atoms with Crippen LogP contribution in [0.15, 0.2) is 24.4 Å².